The van der Waals surface area contributed by atoms with Crippen LogP contribution in [0.25, 0.3) is 16.7 Å². The second-order valence-corrected chi connectivity index (χ2v) is 7.88. The van der Waals surface area contributed by atoms with Crippen LogP contribution in [0.4, 0.5) is 0 Å². The third kappa shape index (κ3) is 3.90. The van der Waals surface area contributed by atoms with E-state index in [9.17, 15) is 4.79 Å². The molecular formula is C24H28N4O2. The molecule has 0 radical (unpaired) electrons. The van der Waals surface area contributed by atoms with Gasteiger partial charge in [-0.05, 0) is 62.1 Å². The average molecular weight is 405 g/mol. The first-order valence-corrected chi connectivity index (χ1v) is 10.4. The summed E-state index contributed by atoms with van der Waals surface area (Å²) in [5, 5.41) is 3.42. The molecule has 1 aromatic heterocycles. The van der Waals surface area contributed by atoms with Crippen LogP contribution in [0.5, 0.6) is 5.75 Å². The zero-order chi connectivity index (χ0) is 21.3. The maximum absolute atomic E-state index is 12.7. The molecule has 4 rings (SSSR count). The van der Waals surface area contributed by atoms with E-state index in [2.05, 4.69) is 21.9 Å². The predicted octanol–water partition coefficient (Wildman–Crippen LogP) is 4.44. The highest BCUT2D eigenvalue weighted by Crippen LogP contribution is 2.24. The Bertz CT molecular complexity index is 1100. The first kappa shape index (κ1) is 20.0. The minimum Gasteiger partial charge on any atom is -0.497 e. The minimum atomic E-state index is -0.0536. The number of methoxy groups -OCH3 is 1. The Morgan fingerprint density at radius 1 is 1.23 bits per heavy atom. The van der Waals surface area contributed by atoms with Crippen molar-refractivity contribution in [1.82, 2.24) is 20.2 Å². The standard InChI is InChI=1S/C24H28N4O2/c1-15-13-18(7-9-20(15)24(29)28-11-5-6-12-28)16(2)25-17(3)23-26-21-10-8-19(30-4)14-22(21)27-23/h7-10,13-14,17,25H,2,5-6,11-12H2,1,3-4H3,(H,26,27). The number of carbonyl (C=O) groups is 1. The van der Waals surface area contributed by atoms with Crippen LogP contribution in [-0.4, -0.2) is 41.0 Å². The summed E-state index contributed by atoms with van der Waals surface area (Å²) >= 11 is 0. The van der Waals surface area contributed by atoms with E-state index >= 15 is 0 Å². The number of ether oxygens (including phenoxy) is 1. The number of likely N-dealkylation sites (tertiary alicyclic amines) is 1. The van der Waals surface area contributed by atoms with Crippen LogP contribution in [0.1, 0.15) is 53.1 Å². The monoisotopic (exact) mass is 404 g/mol. The van der Waals surface area contributed by atoms with Gasteiger partial charge in [-0.1, -0.05) is 12.6 Å². The maximum atomic E-state index is 12.7. The summed E-state index contributed by atoms with van der Waals surface area (Å²) in [6.45, 7) is 9.93. The summed E-state index contributed by atoms with van der Waals surface area (Å²) in [5.74, 6) is 1.75. The molecule has 0 bridgehead atoms. The summed E-state index contributed by atoms with van der Waals surface area (Å²) in [4.78, 5) is 22.7. The van der Waals surface area contributed by atoms with Gasteiger partial charge in [0.05, 0.1) is 24.2 Å². The van der Waals surface area contributed by atoms with Gasteiger partial charge >= 0.3 is 0 Å². The number of carbonyl (C=O) groups excluding carboxylic acids is 1. The molecule has 6 heteroatoms. The molecule has 1 fully saturated rings. The zero-order valence-corrected chi connectivity index (χ0v) is 17.8. The summed E-state index contributed by atoms with van der Waals surface area (Å²) in [6.07, 6.45) is 2.19. The summed E-state index contributed by atoms with van der Waals surface area (Å²) in [5.41, 5.74) is 5.33. The Morgan fingerprint density at radius 2 is 2.00 bits per heavy atom. The van der Waals surface area contributed by atoms with Crippen molar-refractivity contribution >= 4 is 22.6 Å². The van der Waals surface area contributed by atoms with Gasteiger partial charge in [-0.3, -0.25) is 4.79 Å². The van der Waals surface area contributed by atoms with Crippen LogP contribution in [0.15, 0.2) is 43.0 Å². The molecular weight excluding hydrogens is 376 g/mol. The van der Waals surface area contributed by atoms with Crippen molar-refractivity contribution in [3.05, 3.63) is 65.5 Å². The molecule has 6 nitrogen and oxygen atoms in total. The van der Waals surface area contributed by atoms with E-state index in [0.717, 1.165) is 70.9 Å². The van der Waals surface area contributed by atoms with Gasteiger partial charge < -0.3 is 19.9 Å². The van der Waals surface area contributed by atoms with Crippen molar-refractivity contribution < 1.29 is 9.53 Å². The number of aromatic nitrogens is 2. The number of imidazole rings is 1. The number of hydrogen-bond acceptors (Lipinski definition) is 4. The lowest BCUT2D eigenvalue weighted by atomic mass is 10.0. The summed E-state index contributed by atoms with van der Waals surface area (Å²) in [6, 6.07) is 11.6. The quantitative estimate of drug-likeness (QED) is 0.637. The molecule has 1 saturated heterocycles. The number of benzene rings is 2. The van der Waals surface area contributed by atoms with E-state index in [1.807, 2.05) is 55.1 Å². The van der Waals surface area contributed by atoms with E-state index in [1.165, 1.54) is 0 Å². The van der Waals surface area contributed by atoms with Crippen LogP contribution in [0.2, 0.25) is 0 Å². The molecule has 0 saturated carbocycles. The highest BCUT2D eigenvalue weighted by Gasteiger charge is 2.21. The van der Waals surface area contributed by atoms with Crippen molar-refractivity contribution in [1.29, 1.82) is 0 Å². The fourth-order valence-corrected chi connectivity index (χ4v) is 3.94. The highest BCUT2D eigenvalue weighted by atomic mass is 16.5. The number of aromatic amines is 1. The van der Waals surface area contributed by atoms with Gasteiger partial charge in [0, 0.05) is 30.4 Å². The molecule has 1 aliphatic heterocycles. The normalized spacial score (nSPS) is 14.7. The lowest BCUT2D eigenvalue weighted by Gasteiger charge is -2.19. The second kappa shape index (κ2) is 8.22. The fraction of sp³-hybridized carbons (Fsp3) is 0.333. The molecule has 0 spiro atoms. The van der Waals surface area contributed by atoms with Crippen molar-refractivity contribution in [3.8, 4) is 5.75 Å². The molecule has 2 N–H and O–H groups in total. The van der Waals surface area contributed by atoms with Crippen LogP contribution in [-0.2, 0) is 0 Å². The van der Waals surface area contributed by atoms with Crippen LogP contribution < -0.4 is 10.1 Å². The van der Waals surface area contributed by atoms with Crippen LogP contribution in [0.3, 0.4) is 0 Å². The highest BCUT2D eigenvalue weighted by molar-refractivity contribution is 5.96. The van der Waals surface area contributed by atoms with Crippen molar-refractivity contribution in [2.75, 3.05) is 20.2 Å². The van der Waals surface area contributed by atoms with E-state index < -0.39 is 0 Å². The Balaban J connectivity index is 1.48. The molecule has 1 unspecified atom stereocenters. The van der Waals surface area contributed by atoms with E-state index in [-0.39, 0.29) is 11.9 Å². The minimum absolute atomic E-state index is 0.0536. The second-order valence-electron chi connectivity index (χ2n) is 7.88. The van der Waals surface area contributed by atoms with Gasteiger partial charge in [-0.25, -0.2) is 4.98 Å². The SMILES string of the molecule is C=C(NC(C)c1nc2ccc(OC)cc2[nH]1)c1ccc(C(=O)N2CCCC2)c(C)c1. The molecule has 1 atom stereocenters. The predicted molar refractivity (Wildman–Crippen MR) is 120 cm³/mol. The average Bonchev–Trinajstić information content (AvgIpc) is 3.42. The molecule has 2 aromatic carbocycles. The number of fused-ring (bicyclic) bond motifs is 1. The molecule has 156 valence electrons. The topological polar surface area (TPSA) is 70.2 Å². The number of amides is 1. The number of rotatable bonds is 6. The van der Waals surface area contributed by atoms with Crippen molar-refractivity contribution in [3.63, 3.8) is 0 Å². The van der Waals surface area contributed by atoms with Gasteiger partial charge in [0.1, 0.15) is 11.6 Å². The zero-order valence-electron chi connectivity index (χ0n) is 17.8. The molecule has 0 aliphatic carbocycles. The Labute approximate surface area is 177 Å². The van der Waals surface area contributed by atoms with Crippen LogP contribution in [0, 0.1) is 6.92 Å². The van der Waals surface area contributed by atoms with Crippen molar-refractivity contribution in [2.45, 2.75) is 32.7 Å². The number of hydrogen-bond donors (Lipinski definition) is 2. The summed E-state index contributed by atoms with van der Waals surface area (Å²) < 4.78 is 5.28. The molecule has 1 amide bonds. The maximum Gasteiger partial charge on any atom is 0.254 e. The third-order valence-corrected chi connectivity index (χ3v) is 5.71. The Hall–Kier alpha value is -3.28. The Morgan fingerprint density at radius 3 is 2.70 bits per heavy atom. The van der Waals surface area contributed by atoms with E-state index in [0.29, 0.717) is 0 Å². The number of nitrogens with zero attached hydrogens (tertiary/aromatic N) is 2. The Kier molecular flexibility index (Phi) is 5.48. The fourth-order valence-electron chi connectivity index (χ4n) is 3.94. The van der Waals surface area contributed by atoms with Gasteiger partial charge in [-0.2, -0.15) is 0 Å². The van der Waals surface area contributed by atoms with Gasteiger partial charge in [-0.15, -0.1) is 0 Å². The van der Waals surface area contributed by atoms with Gasteiger partial charge in [0.25, 0.3) is 5.91 Å². The number of H-pyrrole nitrogens is 1. The summed E-state index contributed by atoms with van der Waals surface area (Å²) in [7, 11) is 1.65. The number of nitrogens with one attached hydrogen (secondary N) is 2. The third-order valence-electron chi connectivity index (χ3n) is 5.71. The van der Waals surface area contributed by atoms with Gasteiger partial charge in [0.2, 0.25) is 0 Å². The molecule has 30 heavy (non-hydrogen) atoms. The lowest BCUT2D eigenvalue weighted by Crippen LogP contribution is -2.28. The molecule has 1 aliphatic rings. The smallest absolute Gasteiger partial charge is 0.254 e. The lowest BCUT2D eigenvalue weighted by molar-refractivity contribution is 0.0792. The van der Waals surface area contributed by atoms with E-state index in [4.69, 9.17) is 4.74 Å². The first-order valence-electron chi connectivity index (χ1n) is 10.4. The first-order chi connectivity index (χ1) is 14.5. The molecule has 2 heterocycles. The van der Waals surface area contributed by atoms with Gasteiger partial charge in [0.15, 0.2) is 0 Å². The largest absolute Gasteiger partial charge is 0.497 e. The molecule has 3 aromatic rings. The van der Waals surface area contributed by atoms with Crippen molar-refractivity contribution in [2.24, 2.45) is 0 Å². The van der Waals surface area contributed by atoms with Crippen LogP contribution >= 0.6 is 0 Å². The van der Waals surface area contributed by atoms with E-state index in [1.54, 1.807) is 7.11 Å². The number of aryl methyl sites for hydroxylation is 1.